The summed E-state index contributed by atoms with van der Waals surface area (Å²) in [6.07, 6.45) is 1.71. The molecule has 3 rings (SSSR count). The number of ketones is 1. The molecule has 0 atom stereocenters. The SMILES string of the molecule is O=C(Cn1cnc2ccccc21)c1cscc1Br. The zero-order chi connectivity index (χ0) is 12.5. The summed E-state index contributed by atoms with van der Waals surface area (Å²) in [4.78, 5) is 16.4. The van der Waals surface area contributed by atoms with Gasteiger partial charge in [0.05, 0.1) is 23.9 Å². The van der Waals surface area contributed by atoms with E-state index in [-0.39, 0.29) is 5.78 Å². The molecular weight excluding hydrogens is 312 g/mol. The van der Waals surface area contributed by atoms with E-state index >= 15 is 0 Å². The monoisotopic (exact) mass is 320 g/mol. The number of halogens is 1. The lowest BCUT2D eigenvalue weighted by atomic mass is 10.2. The Kier molecular flexibility index (Phi) is 3.01. The molecule has 3 nitrogen and oxygen atoms in total. The van der Waals surface area contributed by atoms with Crippen LogP contribution in [-0.4, -0.2) is 15.3 Å². The van der Waals surface area contributed by atoms with Gasteiger partial charge in [0.25, 0.3) is 0 Å². The Morgan fingerprint density at radius 1 is 1.33 bits per heavy atom. The molecule has 0 amide bonds. The Balaban J connectivity index is 1.93. The van der Waals surface area contributed by atoms with Gasteiger partial charge in [-0.25, -0.2) is 4.98 Å². The minimum atomic E-state index is 0.0891. The van der Waals surface area contributed by atoms with Crippen molar-refractivity contribution in [3.05, 3.63) is 51.4 Å². The van der Waals surface area contributed by atoms with Gasteiger partial charge in [-0.2, -0.15) is 11.3 Å². The van der Waals surface area contributed by atoms with Crippen LogP contribution < -0.4 is 0 Å². The summed E-state index contributed by atoms with van der Waals surface area (Å²) in [5, 5.41) is 3.78. The van der Waals surface area contributed by atoms with Gasteiger partial charge in [-0.05, 0) is 28.1 Å². The van der Waals surface area contributed by atoms with Crippen LogP contribution in [0.5, 0.6) is 0 Å². The number of rotatable bonds is 3. The number of carbonyl (C=O) groups excluding carboxylic acids is 1. The topological polar surface area (TPSA) is 34.9 Å². The van der Waals surface area contributed by atoms with E-state index in [9.17, 15) is 4.79 Å². The van der Waals surface area contributed by atoms with Crippen LogP contribution in [0.3, 0.4) is 0 Å². The fourth-order valence-electron chi connectivity index (χ4n) is 1.86. The number of aromatic nitrogens is 2. The van der Waals surface area contributed by atoms with Crippen molar-refractivity contribution in [2.24, 2.45) is 0 Å². The summed E-state index contributed by atoms with van der Waals surface area (Å²) in [6, 6.07) is 7.80. The van der Waals surface area contributed by atoms with Gasteiger partial charge in [-0.3, -0.25) is 4.79 Å². The Morgan fingerprint density at radius 2 is 2.17 bits per heavy atom. The summed E-state index contributed by atoms with van der Waals surface area (Å²) < 4.78 is 2.74. The number of thiophene rings is 1. The average molecular weight is 321 g/mol. The number of hydrogen-bond acceptors (Lipinski definition) is 3. The molecule has 0 unspecified atom stereocenters. The van der Waals surface area contributed by atoms with E-state index in [0.29, 0.717) is 6.54 Å². The smallest absolute Gasteiger partial charge is 0.184 e. The van der Waals surface area contributed by atoms with Crippen molar-refractivity contribution in [3.63, 3.8) is 0 Å². The van der Waals surface area contributed by atoms with Crippen LogP contribution in [0.25, 0.3) is 11.0 Å². The highest BCUT2D eigenvalue weighted by molar-refractivity contribution is 9.10. The van der Waals surface area contributed by atoms with Gasteiger partial charge in [-0.15, -0.1) is 0 Å². The molecule has 2 heterocycles. The first-order valence-electron chi connectivity index (χ1n) is 5.40. The summed E-state index contributed by atoms with van der Waals surface area (Å²) in [5.41, 5.74) is 2.63. The molecule has 0 radical (unpaired) electrons. The second-order valence-electron chi connectivity index (χ2n) is 3.92. The van der Waals surface area contributed by atoms with E-state index in [1.165, 1.54) is 11.3 Å². The minimum Gasteiger partial charge on any atom is -0.323 e. The molecule has 5 heteroatoms. The summed E-state index contributed by atoms with van der Waals surface area (Å²) in [5.74, 6) is 0.0891. The van der Waals surface area contributed by atoms with Crippen LogP contribution in [0.15, 0.2) is 45.8 Å². The van der Waals surface area contributed by atoms with Gasteiger partial charge in [0.1, 0.15) is 0 Å². The van der Waals surface area contributed by atoms with Gasteiger partial charge >= 0.3 is 0 Å². The predicted octanol–water partition coefficient (Wildman–Crippen LogP) is 3.74. The zero-order valence-electron chi connectivity index (χ0n) is 9.34. The van der Waals surface area contributed by atoms with Crippen LogP contribution in [0.4, 0.5) is 0 Å². The molecule has 90 valence electrons. The molecule has 0 spiro atoms. The zero-order valence-corrected chi connectivity index (χ0v) is 11.7. The lowest BCUT2D eigenvalue weighted by molar-refractivity contribution is 0.0973. The number of Topliss-reactive ketones (excluding diaryl/α,β-unsaturated/α-hetero) is 1. The highest BCUT2D eigenvalue weighted by Crippen LogP contribution is 2.22. The molecule has 0 bridgehead atoms. The molecule has 0 aliphatic carbocycles. The molecule has 0 saturated carbocycles. The third-order valence-corrected chi connectivity index (χ3v) is 4.46. The van der Waals surface area contributed by atoms with Crippen molar-refractivity contribution in [1.82, 2.24) is 9.55 Å². The number of fused-ring (bicyclic) bond motifs is 1. The van der Waals surface area contributed by atoms with Crippen LogP contribution >= 0.6 is 27.3 Å². The molecule has 0 saturated heterocycles. The van der Waals surface area contributed by atoms with E-state index < -0.39 is 0 Å². The standard InChI is InChI=1S/C13H9BrN2OS/c14-10-7-18-6-9(10)13(17)5-16-8-15-11-3-1-2-4-12(11)16/h1-4,6-8H,5H2. The van der Waals surface area contributed by atoms with Crippen molar-refractivity contribution >= 4 is 44.1 Å². The molecule has 3 aromatic rings. The second kappa shape index (κ2) is 4.66. The summed E-state index contributed by atoms with van der Waals surface area (Å²) in [7, 11) is 0. The van der Waals surface area contributed by atoms with Crippen molar-refractivity contribution in [2.45, 2.75) is 6.54 Å². The van der Waals surface area contributed by atoms with Crippen LogP contribution in [0.2, 0.25) is 0 Å². The summed E-state index contributed by atoms with van der Waals surface area (Å²) in [6.45, 7) is 0.315. The van der Waals surface area contributed by atoms with Gasteiger partial charge < -0.3 is 4.57 Å². The third kappa shape index (κ3) is 2.00. The number of imidazole rings is 1. The molecule has 0 aliphatic heterocycles. The fourth-order valence-corrected chi connectivity index (χ4v) is 3.38. The largest absolute Gasteiger partial charge is 0.323 e. The fraction of sp³-hybridized carbons (Fsp3) is 0.0769. The normalized spacial score (nSPS) is 10.9. The highest BCUT2D eigenvalue weighted by atomic mass is 79.9. The first-order chi connectivity index (χ1) is 8.75. The Hall–Kier alpha value is -1.46. The maximum Gasteiger partial charge on any atom is 0.184 e. The number of carbonyl (C=O) groups is 1. The average Bonchev–Trinajstić information content (AvgIpc) is 2.97. The quantitative estimate of drug-likeness (QED) is 0.689. The van der Waals surface area contributed by atoms with Crippen molar-refractivity contribution in [2.75, 3.05) is 0 Å². The van der Waals surface area contributed by atoms with Crippen LogP contribution in [0.1, 0.15) is 10.4 Å². The first-order valence-corrected chi connectivity index (χ1v) is 7.14. The van der Waals surface area contributed by atoms with Crippen molar-refractivity contribution in [1.29, 1.82) is 0 Å². The molecule has 0 N–H and O–H groups in total. The van der Waals surface area contributed by atoms with Crippen molar-refractivity contribution < 1.29 is 4.79 Å². The molecule has 0 fully saturated rings. The molecule has 0 aliphatic rings. The summed E-state index contributed by atoms with van der Waals surface area (Å²) >= 11 is 4.90. The number of para-hydroxylation sites is 2. The number of benzene rings is 1. The predicted molar refractivity (Wildman–Crippen MR) is 76.1 cm³/mol. The van der Waals surface area contributed by atoms with Crippen LogP contribution in [0, 0.1) is 0 Å². The van der Waals surface area contributed by atoms with E-state index in [1.807, 2.05) is 39.6 Å². The van der Waals surface area contributed by atoms with Gasteiger partial charge in [0.2, 0.25) is 0 Å². The lowest BCUT2D eigenvalue weighted by Crippen LogP contribution is -2.09. The highest BCUT2D eigenvalue weighted by Gasteiger charge is 2.12. The molecule has 18 heavy (non-hydrogen) atoms. The van der Waals surface area contributed by atoms with Gasteiger partial charge in [0.15, 0.2) is 5.78 Å². The maximum atomic E-state index is 12.2. The van der Waals surface area contributed by atoms with Gasteiger partial charge in [0, 0.05) is 20.8 Å². The minimum absolute atomic E-state index is 0.0891. The van der Waals surface area contributed by atoms with E-state index in [0.717, 1.165) is 21.1 Å². The van der Waals surface area contributed by atoms with Crippen LogP contribution in [-0.2, 0) is 6.54 Å². The Bertz CT molecular complexity index is 716. The van der Waals surface area contributed by atoms with E-state index in [2.05, 4.69) is 20.9 Å². The number of hydrogen-bond donors (Lipinski definition) is 0. The van der Waals surface area contributed by atoms with E-state index in [1.54, 1.807) is 6.33 Å². The Labute approximate surface area is 116 Å². The maximum absolute atomic E-state index is 12.2. The number of nitrogens with zero attached hydrogens (tertiary/aromatic N) is 2. The Morgan fingerprint density at radius 3 is 2.94 bits per heavy atom. The molecule has 1 aromatic carbocycles. The molecular formula is C13H9BrN2OS. The lowest BCUT2D eigenvalue weighted by Gasteiger charge is -2.02. The molecule has 2 aromatic heterocycles. The third-order valence-electron chi connectivity index (χ3n) is 2.76. The second-order valence-corrected chi connectivity index (χ2v) is 5.52. The van der Waals surface area contributed by atoms with E-state index in [4.69, 9.17) is 0 Å². The first kappa shape index (κ1) is 11.6. The van der Waals surface area contributed by atoms with Gasteiger partial charge in [-0.1, -0.05) is 12.1 Å². The van der Waals surface area contributed by atoms with Crippen molar-refractivity contribution in [3.8, 4) is 0 Å².